The SMILES string of the molecule is CCOc1ccc(-c2nc(COc3ccc(C#N)cc3OC)cs2)cc1OC. The first kappa shape index (κ1) is 19.5. The van der Waals surface area contributed by atoms with Gasteiger partial charge in [0.05, 0.1) is 38.2 Å². The Balaban J connectivity index is 1.74. The molecule has 0 saturated heterocycles. The van der Waals surface area contributed by atoms with E-state index in [2.05, 4.69) is 11.1 Å². The Morgan fingerprint density at radius 1 is 0.964 bits per heavy atom. The van der Waals surface area contributed by atoms with Gasteiger partial charge in [-0.3, -0.25) is 0 Å². The summed E-state index contributed by atoms with van der Waals surface area (Å²) in [6.45, 7) is 2.81. The topological polar surface area (TPSA) is 73.6 Å². The van der Waals surface area contributed by atoms with Crippen LogP contribution in [0.3, 0.4) is 0 Å². The van der Waals surface area contributed by atoms with E-state index in [1.165, 1.54) is 11.3 Å². The van der Waals surface area contributed by atoms with Crippen LogP contribution in [0.4, 0.5) is 0 Å². The molecule has 2 aromatic carbocycles. The predicted octanol–water partition coefficient (Wildman–Crippen LogP) is 4.68. The van der Waals surface area contributed by atoms with Gasteiger partial charge < -0.3 is 18.9 Å². The lowest BCUT2D eigenvalue weighted by Crippen LogP contribution is -1.98. The van der Waals surface area contributed by atoms with Crippen molar-refractivity contribution in [3.63, 3.8) is 0 Å². The third kappa shape index (κ3) is 4.35. The Kier molecular flexibility index (Phi) is 6.35. The van der Waals surface area contributed by atoms with Gasteiger partial charge in [0.1, 0.15) is 11.6 Å². The molecule has 1 heterocycles. The number of methoxy groups -OCH3 is 2. The molecule has 0 N–H and O–H groups in total. The molecule has 0 spiro atoms. The van der Waals surface area contributed by atoms with Crippen molar-refractivity contribution in [3.05, 3.63) is 53.0 Å². The van der Waals surface area contributed by atoms with Crippen LogP contribution in [0.1, 0.15) is 18.2 Å². The van der Waals surface area contributed by atoms with Crippen molar-refractivity contribution in [1.82, 2.24) is 4.98 Å². The van der Waals surface area contributed by atoms with E-state index in [1.807, 2.05) is 30.5 Å². The molecule has 0 radical (unpaired) electrons. The molecule has 0 unspecified atom stereocenters. The number of benzene rings is 2. The predicted molar refractivity (Wildman–Crippen MR) is 107 cm³/mol. The van der Waals surface area contributed by atoms with E-state index in [-0.39, 0.29) is 0 Å². The summed E-state index contributed by atoms with van der Waals surface area (Å²) in [4.78, 5) is 4.64. The average molecular weight is 396 g/mol. The van der Waals surface area contributed by atoms with Gasteiger partial charge in [-0.25, -0.2) is 4.98 Å². The first-order valence-corrected chi connectivity index (χ1v) is 9.53. The molecule has 0 aliphatic heterocycles. The van der Waals surface area contributed by atoms with Crippen LogP contribution in [0.15, 0.2) is 41.8 Å². The summed E-state index contributed by atoms with van der Waals surface area (Å²) in [5, 5.41) is 11.8. The molecule has 0 atom stereocenters. The molecule has 3 aromatic rings. The second-order valence-corrected chi connectivity index (χ2v) is 6.57. The first-order chi connectivity index (χ1) is 13.7. The van der Waals surface area contributed by atoms with Crippen molar-refractivity contribution < 1.29 is 18.9 Å². The van der Waals surface area contributed by atoms with E-state index in [0.717, 1.165) is 16.3 Å². The quantitative estimate of drug-likeness (QED) is 0.551. The van der Waals surface area contributed by atoms with Crippen molar-refractivity contribution in [1.29, 1.82) is 5.26 Å². The Morgan fingerprint density at radius 3 is 2.39 bits per heavy atom. The van der Waals surface area contributed by atoms with Gasteiger partial charge in [0.2, 0.25) is 0 Å². The number of aromatic nitrogens is 1. The van der Waals surface area contributed by atoms with Crippen LogP contribution in [0.5, 0.6) is 23.0 Å². The summed E-state index contributed by atoms with van der Waals surface area (Å²) in [6, 6.07) is 12.9. The van der Waals surface area contributed by atoms with E-state index >= 15 is 0 Å². The molecule has 28 heavy (non-hydrogen) atoms. The highest BCUT2D eigenvalue weighted by atomic mass is 32.1. The highest BCUT2D eigenvalue weighted by Gasteiger charge is 2.11. The van der Waals surface area contributed by atoms with Gasteiger partial charge in [0, 0.05) is 17.0 Å². The fourth-order valence-corrected chi connectivity index (χ4v) is 3.39. The van der Waals surface area contributed by atoms with Crippen molar-refractivity contribution in [3.8, 4) is 39.6 Å². The van der Waals surface area contributed by atoms with Gasteiger partial charge in [-0.2, -0.15) is 5.26 Å². The molecule has 0 fully saturated rings. The molecule has 0 saturated carbocycles. The summed E-state index contributed by atoms with van der Waals surface area (Å²) in [5.74, 6) is 2.47. The van der Waals surface area contributed by atoms with Gasteiger partial charge in [0.15, 0.2) is 23.0 Å². The summed E-state index contributed by atoms with van der Waals surface area (Å²) in [7, 11) is 3.16. The lowest BCUT2D eigenvalue weighted by atomic mass is 10.2. The van der Waals surface area contributed by atoms with Crippen LogP contribution in [0.25, 0.3) is 10.6 Å². The van der Waals surface area contributed by atoms with E-state index in [9.17, 15) is 0 Å². The largest absolute Gasteiger partial charge is 0.493 e. The molecule has 1 aromatic heterocycles. The fraction of sp³-hybridized carbons (Fsp3) is 0.238. The maximum atomic E-state index is 8.98. The van der Waals surface area contributed by atoms with E-state index in [1.54, 1.807) is 32.4 Å². The number of hydrogen-bond acceptors (Lipinski definition) is 7. The van der Waals surface area contributed by atoms with Crippen LogP contribution in [0, 0.1) is 11.3 Å². The Morgan fingerprint density at radius 2 is 1.68 bits per heavy atom. The van der Waals surface area contributed by atoms with Crippen LogP contribution >= 0.6 is 11.3 Å². The van der Waals surface area contributed by atoms with Crippen LogP contribution in [-0.4, -0.2) is 25.8 Å². The minimum atomic E-state index is 0.299. The molecule has 6 nitrogen and oxygen atoms in total. The Labute approximate surface area is 167 Å². The number of rotatable bonds is 8. The minimum absolute atomic E-state index is 0.299. The van der Waals surface area contributed by atoms with E-state index in [0.29, 0.717) is 41.8 Å². The summed E-state index contributed by atoms with van der Waals surface area (Å²) in [5.41, 5.74) is 2.27. The molecule has 3 rings (SSSR count). The normalized spacial score (nSPS) is 10.2. The summed E-state index contributed by atoms with van der Waals surface area (Å²) in [6.07, 6.45) is 0. The number of nitriles is 1. The first-order valence-electron chi connectivity index (χ1n) is 8.65. The molecule has 0 aliphatic carbocycles. The van der Waals surface area contributed by atoms with Crippen LogP contribution in [-0.2, 0) is 6.61 Å². The van der Waals surface area contributed by atoms with E-state index in [4.69, 9.17) is 24.2 Å². The monoisotopic (exact) mass is 396 g/mol. The zero-order valence-corrected chi connectivity index (χ0v) is 16.7. The number of thiazole rings is 1. The lowest BCUT2D eigenvalue weighted by molar-refractivity contribution is 0.281. The van der Waals surface area contributed by atoms with Crippen molar-refractivity contribution in [2.45, 2.75) is 13.5 Å². The Bertz CT molecular complexity index is 994. The minimum Gasteiger partial charge on any atom is -0.493 e. The fourth-order valence-electron chi connectivity index (χ4n) is 2.59. The zero-order valence-electron chi connectivity index (χ0n) is 15.9. The van der Waals surface area contributed by atoms with Gasteiger partial charge in [-0.15, -0.1) is 11.3 Å². The van der Waals surface area contributed by atoms with Crippen LogP contribution < -0.4 is 18.9 Å². The molecule has 0 aliphatic rings. The van der Waals surface area contributed by atoms with Gasteiger partial charge in [0.25, 0.3) is 0 Å². The standard InChI is InChI=1S/C21H20N2O4S/c1-4-26-17-8-6-15(10-20(17)25-3)21-23-16(13-28-21)12-27-18-7-5-14(11-22)9-19(18)24-2/h5-10,13H,4,12H2,1-3H3. The Hall–Kier alpha value is -3.24. The third-order valence-corrected chi connectivity index (χ3v) is 4.87. The number of ether oxygens (including phenoxy) is 4. The molecule has 0 bridgehead atoms. The maximum Gasteiger partial charge on any atom is 0.162 e. The lowest BCUT2D eigenvalue weighted by Gasteiger charge is -2.10. The number of nitrogens with zero attached hydrogens (tertiary/aromatic N) is 2. The average Bonchev–Trinajstić information content (AvgIpc) is 3.21. The summed E-state index contributed by atoms with van der Waals surface area (Å²) >= 11 is 1.53. The van der Waals surface area contributed by atoms with Gasteiger partial charge >= 0.3 is 0 Å². The zero-order chi connectivity index (χ0) is 19.9. The van der Waals surface area contributed by atoms with Gasteiger partial charge in [-0.05, 0) is 37.3 Å². The maximum absolute atomic E-state index is 8.98. The second kappa shape index (κ2) is 9.11. The summed E-state index contributed by atoms with van der Waals surface area (Å²) < 4.78 is 22.1. The van der Waals surface area contributed by atoms with Gasteiger partial charge in [-0.1, -0.05) is 0 Å². The molecular weight excluding hydrogens is 376 g/mol. The second-order valence-electron chi connectivity index (χ2n) is 5.71. The smallest absolute Gasteiger partial charge is 0.162 e. The van der Waals surface area contributed by atoms with Crippen molar-refractivity contribution in [2.24, 2.45) is 0 Å². The molecule has 144 valence electrons. The molecular formula is C21H20N2O4S. The molecule has 0 amide bonds. The van der Waals surface area contributed by atoms with Crippen LogP contribution in [0.2, 0.25) is 0 Å². The highest BCUT2D eigenvalue weighted by molar-refractivity contribution is 7.13. The van der Waals surface area contributed by atoms with Crippen molar-refractivity contribution >= 4 is 11.3 Å². The van der Waals surface area contributed by atoms with E-state index < -0.39 is 0 Å². The third-order valence-electron chi connectivity index (χ3n) is 3.93. The highest BCUT2D eigenvalue weighted by Crippen LogP contribution is 2.34. The molecule has 7 heteroatoms. The van der Waals surface area contributed by atoms with Crippen molar-refractivity contribution in [2.75, 3.05) is 20.8 Å². The number of hydrogen-bond donors (Lipinski definition) is 0.